The smallest absolute Gasteiger partial charge is 0.289 e. The predicted molar refractivity (Wildman–Crippen MR) is 136 cm³/mol. The van der Waals surface area contributed by atoms with Gasteiger partial charge in [-0.25, -0.2) is 0 Å². The zero-order valence-corrected chi connectivity index (χ0v) is 20.9. The fourth-order valence-electron chi connectivity index (χ4n) is 4.10. The summed E-state index contributed by atoms with van der Waals surface area (Å²) in [5.41, 5.74) is 1.68. The van der Waals surface area contributed by atoms with E-state index in [9.17, 15) is 15.0 Å². The van der Waals surface area contributed by atoms with Gasteiger partial charge < -0.3 is 25.6 Å². The summed E-state index contributed by atoms with van der Waals surface area (Å²) >= 11 is 0. The van der Waals surface area contributed by atoms with E-state index in [2.05, 4.69) is 20.8 Å². The van der Waals surface area contributed by atoms with Gasteiger partial charge in [0.25, 0.3) is 5.91 Å². The topological polar surface area (TPSA) is 122 Å². The first-order valence-corrected chi connectivity index (χ1v) is 11.7. The number of amides is 1. The maximum atomic E-state index is 12.8. The SMILES string of the molecule is CCNC(=O)c1nnc(-c2cc(C(C)C)c(O)cc2O)n1-c1ccc(OC2CCNCC2)cc1.Cl. The van der Waals surface area contributed by atoms with Crippen LogP contribution in [0.3, 0.4) is 0 Å². The van der Waals surface area contributed by atoms with Crippen molar-refractivity contribution in [3.8, 4) is 34.3 Å². The molecule has 0 radical (unpaired) electrons. The molecule has 2 aromatic carbocycles. The van der Waals surface area contributed by atoms with Crippen LogP contribution in [-0.2, 0) is 0 Å². The molecule has 188 valence electrons. The van der Waals surface area contributed by atoms with Crippen molar-refractivity contribution in [3.05, 3.63) is 47.8 Å². The molecule has 1 aliphatic rings. The van der Waals surface area contributed by atoms with E-state index in [1.807, 2.05) is 45.0 Å². The van der Waals surface area contributed by atoms with Crippen LogP contribution in [0.2, 0.25) is 0 Å². The van der Waals surface area contributed by atoms with Gasteiger partial charge in [0.1, 0.15) is 23.4 Å². The van der Waals surface area contributed by atoms with E-state index < -0.39 is 0 Å². The van der Waals surface area contributed by atoms with Gasteiger partial charge in [0, 0.05) is 18.3 Å². The van der Waals surface area contributed by atoms with Crippen molar-refractivity contribution in [2.75, 3.05) is 19.6 Å². The highest BCUT2D eigenvalue weighted by molar-refractivity contribution is 5.92. The molecule has 4 rings (SSSR count). The van der Waals surface area contributed by atoms with E-state index in [0.717, 1.165) is 31.7 Å². The lowest BCUT2D eigenvalue weighted by Crippen LogP contribution is -2.34. The van der Waals surface area contributed by atoms with Gasteiger partial charge in [-0.2, -0.15) is 0 Å². The molecule has 4 N–H and O–H groups in total. The molecule has 3 aromatic rings. The van der Waals surface area contributed by atoms with Gasteiger partial charge in [0.15, 0.2) is 5.82 Å². The molecule has 0 unspecified atom stereocenters. The zero-order valence-electron chi connectivity index (χ0n) is 20.1. The molecule has 9 nitrogen and oxygen atoms in total. The van der Waals surface area contributed by atoms with Crippen LogP contribution in [0.4, 0.5) is 0 Å². The molecule has 1 aliphatic heterocycles. The van der Waals surface area contributed by atoms with Crippen LogP contribution in [0.5, 0.6) is 17.2 Å². The number of nitrogens with one attached hydrogen (secondary N) is 2. The first kappa shape index (κ1) is 26.3. The maximum Gasteiger partial charge on any atom is 0.289 e. The lowest BCUT2D eigenvalue weighted by atomic mass is 9.98. The van der Waals surface area contributed by atoms with Gasteiger partial charge in [0.2, 0.25) is 5.82 Å². The van der Waals surface area contributed by atoms with E-state index in [-0.39, 0.29) is 47.7 Å². The van der Waals surface area contributed by atoms with E-state index in [0.29, 0.717) is 29.2 Å². The molecule has 35 heavy (non-hydrogen) atoms. The molecule has 0 aliphatic carbocycles. The van der Waals surface area contributed by atoms with Crippen LogP contribution < -0.4 is 15.4 Å². The molecular formula is C25H32ClN5O4. The lowest BCUT2D eigenvalue weighted by molar-refractivity contribution is 0.0943. The third-order valence-electron chi connectivity index (χ3n) is 5.90. The highest BCUT2D eigenvalue weighted by atomic mass is 35.5. The van der Waals surface area contributed by atoms with Crippen molar-refractivity contribution in [1.82, 2.24) is 25.4 Å². The molecule has 0 bridgehead atoms. The molecule has 1 saturated heterocycles. The van der Waals surface area contributed by atoms with Crippen molar-refractivity contribution in [1.29, 1.82) is 0 Å². The Morgan fingerprint density at radius 2 is 1.83 bits per heavy atom. The summed E-state index contributed by atoms with van der Waals surface area (Å²) in [7, 11) is 0. The minimum Gasteiger partial charge on any atom is -0.508 e. The quantitative estimate of drug-likeness (QED) is 0.388. The zero-order chi connectivity index (χ0) is 24.2. The van der Waals surface area contributed by atoms with Crippen LogP contribution in [0.15, 0.2) is 36.4 Å². The standard InChI is InChI=1S/C25H31N5O4.ClH/c1-4-27-25(33)24-29-28-23(20-13-19(15(2)3)21(31)14-22(20)32)30(24)16-5-7-17(8-6-16)34-18-9-11-26-12-10-18;/h5-8,13-15,18,26,31-32H,4,9-12H2,1-3H3,(H,27,33);1H. The van der Waals surface area contributed by atoms with Crippen LogP contribution >= 0.6 is 12.4 Å². The second kappa shape index (κ2) is 11.4. The number of aromatic hydroxyl groups is 2. The van der Waals surface area contributed by atoms with Gasteiger partial charge in [0.05, 0.1) is 5.56 Å². The average Bonchev–Trinajstić information content (AvgIpc) is 3.25. The summed E-state index contributed by atoms with van der Waals surface area (Å²) in [6.45, 7) is 8.04. The van der Waals surface area contributed by atoms with Crippen LogP contribution in [-0.4, -0.2) is 56.6 Å². The van der Waals surface area contributed by atoms with Crippen molar-refractivity contribution < 1.29 is 19.7 Å². The van der Waals surface area contributed by atoms with Gasteiger partial charge >= 0.3 is 0 Å². The summed E-state index contributed by atoms with van der Waals surface area (Å²) < 4.78 is 7.71. The summed E-state index contributed by atoms with van der Waals surface area (Å²) in [6, 6.07) is 10.4. The van der Waals surface area contributed by atoms with Crippen molar-refractivity contribution in [3.63, 3.8) is 0 Å². The minimum absolute atomic E-state index is 0. The highest BCUT2D eigenvalue weighted by Gasteiger charge is 2.24. The van der Waals surface area contributed by atoms with E-state index in [4.69, 9.17) is 4.74 Å². The average molecular weight is 502 g/mol. The number of ether oxygens (including phenoxy) is 1. The Bertz CT molecular complexity index is 1160. The number of hydrogen-bond acceptors (Lipinski definition) is 7. The molecule has 1 fully saturated rings. The Labute approximate surface area is 210 Å². The van der Waals surface area contributed by atoms with Crippen LogP contribution in [0.1, 0.15) is 55.7 Å². The Balaban J connectivity index is 0.00000342. The molecule has 0 atom stereocenters. The van der Waals surface area contributed by atoms with Crippen molar-refractivity contribution in [2.45, 2.75) is 45.6 Å². The van der Waals surface area contributed by atoms with E-state index in [1.54, 1.807) is 10.6 Å². The number of carbonyl (C=O) groups excluding carboxylic acids is 1. The molecule has 1 aromatic heterocycles. The highest BCUT2D eigenvalue weighted by Crippen LogP contribution is 2.38. The van der Waals surface area contributed by atoms with Crippen LogP contribution in [0.25, 0.3) is 17.1 Å². The van der Waals surface area contributed by atoms with Gasteiger partial charge in [-0.15, -0.1) is 22.6 Å². The van der Waals surface area contributed by atoms with Gasteiger partial charge in [-0.1, -0.05) is 13.8 Å². The number of benzene rings is 2. The number of carbonyl (C=O) groups is 1. The largest absolute Gasteiger partial charge is 0.508 e. The third-order valence-corrected chi connectivity index (χ3v) is 5.90. The van der Waals surface area contributed by atoms with Crippen molar-refractivity contribution >= 4 is 18.3 Å². The summed E-state index contributed by atoms with van der Waals surface area (Å²) in [5, 5.41) is 35.4. The van der Waals surface area contributed by atoms with Crippen LogP contribution in [0, 0.1) is 0 Å². The summed E-state index contributed by atoms with van der Waals surface area (Å²) in [5.74, 6) is 0.646. The molecule has 0 saturated carbocycles. The molecule has 10 heteroatoms. The Hall–Kier alpha value is -3.30. The number of piperidine rings is 1. The minimum atomic E-state index is -0.376. The van der Waals surface area contributed by atoms with E-state index in [1.165, 1.54) is 6.07 Å². The summed E-state index contributed by atoms with van der Waals surface area (Å²) in [6.07, 6.45) is 2.08. The molecule has 2 heterocycles. The number of hydrogen-bond donors (Lipinski definition) is 4. The number of rotatable bonds is 7. The maximum absolute atomic E-state index is 12.8. The number of phenolic OH excluding ortho intramolecular Hbond substituents is 2. The normalized spacial score (nSPS) is 13.9. The number of aromatic nitrogens is 3. The monoisotopic (exact) mass is 501 g/mol. The first-order chi connectivity index (χ1) is 16.4. The Morgan fingerprint density at radius 1 is 1.14 bits per heavy atom. The first-order valence-electron chi connectivity index (χ1n) is 11.7. The van der Waals surface area contributed by atoms with Crippen molar-refractivity contribution in [2.24, 2.45) is 0 Å². The molecule has 0 spiro atoms. The van der Waals surface area contributed by atoms with Gasteiger partial charge in [-0.3, -0.25) is 9.36 Å². The second-order valence-electron chi connectivity index (χ2n) is 8.69. The fraction of sp³-hybridized carbons (Fsp3) is 0.400. The Morgan fingerprint density at radius 3 is 2.46 bits per heavy atom. The summed E-state index contributed by atoms with van der Waals surface area (Å²) in [4.78, 5) is 12.8. The molecular weight excluding hydrogens is 470 g/mol. The number of nitrogens with zero attached hydrogens (tertiary/aromatic N) is 3. The number of phenols is 2. The van der Waals surface area contributed by atoms with Gasteiger partial charge in [-0.05, 0) is 74.7 Å². The van der Waals surface area contributed by atoms with E-state index >= 15 is 0 Å². The third kappa shape index (κ3) is 5.68. The fourth-order valence-corrected chi connectivity index (χ4v) is 4.10. The second-order valence-corrected chi connectivity index (χ2v) is 8.69. The Kier molecular flexibility index (Phi) is 8.58. The molecule has 1 amide bonds. The number of halogens is 1. The lowest BCUT2D eigenvalue weighted by Gasteiger charge is -2.24. The predicted octanol–water partition coefficient (Wildman–Crippen LogP) is 3.77.